The van der Waals surface area contributed by atoms with E-state index in [0.717, 1.165) is 6.26 Å². The summed E-state index contributed by atoms with van der Waals surface area (Å²) >= 11 is 0. The molecular weight excluding hydrogens is 284 g/mol. The first kappa shape index (κ1) is 16.0. The van der Waals surface area contributed by atoms with Crippen LogP contribution in [0.2, 0.25) is 0 Å². The summed E-state index contributed by atoms with van der Waals surface area (Å²) in [5, 5.41) is -0.635. The summed E-state index contributed by atoms with van der Waals surface area (Å²) < 4.78 is 34.2. The van der Waals surface area contributed by atoms with Crippen LogP contribution >= 0.6 is 0 Å². The maximum atomic E-state index is 12.2. The van der Waals surface area contributed by atoms with Gasteiger partial charge in [-0.15, -0.1) is 0 Å². The molecule has 0 saturated heterocycles. The Morgan fingerprint density at radius 3 is 2.32 bits per heavy atom. The van der Waals surface area contributed by atoms with Crippen LogP contribution in [-0.4, -0.2) is 41.4 Å². The van der Waals surface area contributed by atoms with Gasteiger partial charge in [-0.2, -0.15) is 0 Å². The first-order valence-corrected chi connectivity index (χ1v) is 9.43. The Bertz CT molecular complexity index is 549. The van der Waals surface area contributed by atoms with Gasteiger partial charge < -0.3 is 0 Å². The summed E-state index contributed by atoms with van der Waals surface area (Å²) in [5.74, 6) is -0.330. The van der Waals surface area contributed by atoms with Crippen molar-refractivity contribution in [2.45, 2.75) is 18.6 Å². The minimum atomic E-state index is -3.16. The lowest BCUT2D eigenvalue weighted by Crippen LogP contribution is -2.29. The van der Waals surface area contributed by atoms with Gasteiger partial charge in [-0.1, -0.05) is 37.3 Å². The van der Waals surface area contributed by atoms with Gasteiger partial charge in [0.05, 0.1) is 11.0 Å². The van der Waals surface area contributed by atoms with Crippen molar-refractivity contribution in [3.05, 3.63) is 35.9 Å². The van der Waals surface area contributed by atoms with Gasteiger partial charge in [0.15, 0.2) is 5.78 Å². The van der Waals surface area contributed by atoms with E-state index in [9.17, 15) is 17.4 Å². The number of benzene rings is 1. The minimum absolute atomic E-state index is 0.00983. The normalized spacial score (nSPS) is 14.8. The second-order valence-corrected chi connectivity index (χ2v) is 8.34. The van der Waals surface area contributed by atoms with Gasteiger partial charge in [0.1, 0.15) is 9.84 Å². The largest absolute Gasteiger partial charge is 0.293 e. The standard InChI is InChI=1S/C13H18O4S2/c1-3-12(18(15)9-10-19(2,16)17)13(14)11-7-5-4-6-8-11/h4-8,12H,3,9-10H2,1-2H3. The zero-order chi connectivity index (χ0) is 14.5. The third-order valence-electron chi connectivity index (χ3n) is 2.69. The van der Waals surface area contributed by atoms with E-state index in [1.807, 2.05) is 0 Å². The van der Waals surface area contributed by atoms with Crippen molar-refractivity contribution >= 4 is 26.4 Å². The van der Waals surface area contributed by atoms with Gasteiger partial charge in [0.25, 0.3) is 0 Å². The molecule has 0 spiro atoms. The fraction of sp³-hybridized carbons (Fsp3) is 0.462. The highest BCUT2D eigenvalue weighted by Crippen LogP contribution is 2.12. The number of Topliss-reactive ketones (excluding diaryl/α,β-unsaturated/α-hetero) is 1. The molecule has 0 heterocycles. The third kappa shape index (κ3) is 5.24. The summed E-state index contributed by atoms with van der Waals surface area (Å²) in [4.78, 5) is 12.2. The van der Waals surface area contributed by atoms with Gasteiger partial charge in [-0.05, 0) is 6.42 Å². The number of hydrogen-bond acceptors (Lipinski definition) is 4. The number of ketones is 1. The average molecular weight is 302 g/mol. The van der Waals surface area contributed by atoms with Crippen LogP contribution in [0.4, 0.5) is 0 Å². The van der Waals surface area contributed by atoms with Gasteiger partial charge in [0, 0.05) is 28.4 Å². The zero-order valence-electron chi connectivity index (χ0n) is 11.0. The monoisotopic (exact) mass is 302 g/mol. The molecule has 0 aliphatic rings. The van der Waals surface area contributed by atoms with Crippen molar-refractivity contribution in [2.24, 2.45) is 0 Å². The molecule has 1 aromatic rings. The van der Waals surface area contributed by atoms with Crippen molar-refractivity contribution in [2.75, 3.05) is 17.8 Å². The molecule has 0 amide bonds. The first-order valence-electron chi connectivity index (χ1n) is 5.99. The maximum absolute atomic E-state index is 12.2. The highest BCUT2D eigenvalue weighted by atomic mass is 32.2. The topological polar surface area (TPSA) is 68.3 Å². The van der Waals surface area contributed by atoms with Crippen molar-refractivity contribution in [3.63, 3.8) is 0 Å². The van der Waals surface area contributed by atoms with Crippen LogP contribution in [-0.2, 0) is 20.6 Å². The first-order chi connectivity index (χ1) is 8.85. The number of hydrogen-bond donors (Lipinski definition) is 0. The Balaban J connectivity index is 2.78. The van der Waals surface area contributed by atoms with Crippen LogP contribution in [0, 0.1) is 0 Å². The fourth-order valence-electron chi connectivity index (χ4n) is 1.65. The molecule has 0 N–H and O–H groups in total. The van der Waals surface area contributed by atoms with E-state index in [1.54, 1.807) is 37.3 Å². The summed E-state index contributed by atoms with van der Waals surface area (Å²) in [6, 6.07) is 8.66. The lowest BCUT2D eigenvalue weighted by molar-refractivity contribution is 0.0986. The van der Waals surface area contributed by atoms with Gasteiger partial charge >= 0.3 is 0 Å². The predicted octanol–water partition coefficient (Wildman–Crippen LogP) is 1.44. The maximum Gasteiger partial charge on any atom is 0.178 e. The van der Waals surface area contributed by atoms with E-state index in [1.165, 1.54) is 0 Å². The van der Waals surface area contributed by atoms with Gasteiger partial charge in [-0.3, -0.25) is 9.00 Å². The summed E-state index contributed by atoms with van der Waals surface area (Å²) in [6.07, 6.45) is 1.54. The number of carbonyl (C=O) groups is 1. The molecule has 0 aromatic heterocycles. The molecule has 1 aromatic carbocycles. The van der Waals surface area contributed by atoms with Gasteiger partial charge in [0.2, 0.25) is 0 Å². The third-order valence-corrected chi connectivity index (χ3v) is 5.69. The smallest absolute Gasteiger partial charge is 0.178 e. The van der Waals surface area contributed by atoms with Crippen LogP contribution < -0.4 is 0 Å². The zero-order valence-corrected chi connectivity index (χ0v) is 12.7. The molecule has 2 unspecified atom stereocenters. The summed E-state index contributed by atoms with van der Waals surface area (Å²) in [5.41, 5.74) is 0.516. The quantitative estimate of drug-likeness (QED) is 0.715. The van der Waals surface area contributed by atoms with Crippen LogP contribution in [0.15, 0.2) is 30.3 Å². The average Bonchev–Trinajstić information content (AvgIpc) is 2.37. The number of sulfone groups is 1. The van der Waals surface area contributed by atoms with Crippen LogP contribution in [0.25, 0.3) is 0 Å². The Morgan fingerprint density at radius 1 is 1.26 bits per heavy atom. The van der Waals surface area contributed by atoms with Crippen LogP contribution in [0.3, 0.4) is 0 Å². The van der Waals surface area contributed by atoms with Crippen LogP contribution in [0.5, 0.6) is 0 Å². The molecule has 0 aliphatic heterocycles. The van der Waals surface area contributed by atoms with Crippen molar-refractivity contribution in [1.82, 2.24) is 0 Å². The van der Waals surface area contributed by atoms with Crippen molar-refractivity contribution in [1.29, 1.82) is 0 Å². The number of carbonyl (C=O) groups excluding carboxylic acids is 1. The van der Waals surface area contributed by atoms with E-state index in [4.69, 9.17) is 0 Å². The van der Waals surface area contributed by atoms with E-state index in [2.05, 4.69) is 0 Å². The lowest BCUT2D eigenvalue weighted by atomic mass is 10.1. The molecule has 0 saturated carbocycles. The molecule has 1 rings (SSSR count). The van der Waals surface area contributed by atoms with Crippen molar-refractivity contribution in [3.8, 4) is 0 Å². The minimum Gasteiger partial charge on any atom is -0.293 e. The van der Waals surface area contributed by atoms with Crippen LogP contribution in [0.1, 0.15) is 23.7 Å². The molecule has 2 atom stereocenters. The second kappa shape index (κ2) is 6.96. The Hall–Kier alpha value is -1.01. The van der Waals surface area contributed by atoms with E-state index < -0.39 is 25.9 Å². The molecule has 19 heavy (non-hydrogen) atoms. The lowest BCUT2D eigenvalue weighted by Gasteiger charge is -2.13. The summed E-state index contributed by atoms with van der Waals surface area (Å²) in [7, 11) is -4.62. The second-order valence-electron chi connectivity index (χ2n) is 4.34. The molecule has 106 valence electrons. The highest BCUT2D eigenvalue weighted by molar-refractivity contribution is 7.92. The van der Waals surface area contributed by atoms with Gasteiger partial charge in [-0.25, -0.2) is 8.42 Å². The molecular formula is C13H18O4S2. The molecule has 0 aliphatic carbocycles. The highest BCUT2D eigenvalue weighted by Gasteiger charge is 2.24. The summed E-state index contributed by atoms with van der Waals surface area (Å²) in [6.45, 7) is 1.78. The molecule has 0 bridgehead atoms. The Morgan fingerprint density at radius 2 is 1.84 bits per heavy atom. The van der Waals surface area contributed by atoms with E-state index >= 15 is 0 Å². The molecule has 0 radical (unpaired) electrons. The van der Waals surface area contributed by atoms with Crippen molar-refractivity contribution < 1.29 is 17.4 Å². The Labute approximate surface area is 116 Å². The number of rotatable bonds is 7. The molecule has 6 heteroatoms. The predicted molar refractivity (Wildman–Crippen MR) is 77.6 cm³/mol. The molecule has 4 nitrogen and oxygen atoms in total. The molecule has 0 fully saturated rings. The fourth-order valence-corrected chi connectivity index (χ4v) is 4.55. The van der Waals surface area contributed by atoms with E-state index in [0.29, 0.717) is 12.0 Å². The SMILES string of the molecule is CCC(C(=O)c1ccccc1)S(=O)CCS(C)(=O)=O. The Kier molecular flexibility index (Phi) is 5.87. The van der Waals surface area contributed by atoms with E-state index in [-0.39, 0.29) is 17.3 Å².